The molecule has 0 saturated heterocycles. The van der Waals surface area contributed by atoms with Crippen LogP contribution >= 0.6 is 11.6 Å². The summed E-state index contributed by atoms with van der Waals surface area (Å²) in [6.07, 6.45) is 3.32. The van der Waals surface area contributed by atoms with Gasteiger partial charge in [-0.25, -0.2) is 12.7 Å². The number of nitrogens with zero attached hydrogens (tertiary/aromatic N) is 1. The average molecular weight is 256 g/mol. The largest absolute Gasteiger partial charge is 0.214 e. The lowest BCUT2D eigenvalue weighted by Crippen LogP contribution is -2.36. The summed E-state index contributed by atoms with van der Waals surface area (Å²) in [6.45, 7) is 4.01. The maximum Gasteiger partial charge on any atom is 0.214 e. The molecule has 0 aliphatic rings. The molecule has 0 aromatic heterocycles. The van der Waals surface area contributed by atoms with Crippen molar-refractivity contribution < 1.29 is 8.42 Å². The van der Waals surface area contributed by atoms with Crippen molar-refractivity contribution in [3.8, 4) is 0 Å². The highest BCUT2D eigenvalue weighted by atomic mass is 35.5. The van der Waals surface area contributed by atoms with Gasteiger partial charge < -0.3 is 0 Å². The summed E-state index contributed by atoms with van der Waals surface area (Å²) >= 11 is 5.51. The van der Waals surface area contributed by atoms with E-state index in [1.807, 2.05) is 6.92 Å². The zero-order valence-corrected chi connectivity index (χ0v) is 11.4. The first-order valence-electron chi connectivity index (χ1n) is 5.47. The number of alkyl halides is 1. The molecule has 0 aromatic rings. The Balaban J connectivity index is 4.19. The first-order chi connectivity index (χ1) is 6.95. The van der Waals surface area contributed by atoms with Gasteiger partial charge >= 0.3 is 0 Å². The fourth-order valence-corrected chi connectivity index (χ4v) is 3.10. The van der Waals surface area contributed by atoms with Gasteiger partial charge in [0.2, 0.25) is 10.0 Å². The number of sulfonamides is 1. The Labute approximate surface area is 98.8 Å². The molecule has 0 fully saturated rings. The molecule has 0 aromatic carbocycles. The molecule has 0 spiro atoms. The van der Waals surface area contributed by atoms with Crippen molar-refractivity contribution in [1.82, 2.24) is 4.31 Å². The van der Waals surface area contributed by atoms with Gasteiger partial charge in [-0.3, -0.25) is 0 Å². The second-order valence-electron chi connectivity index (χ2n) is 3.87. The summed E-state index contributed by atoms with van der Waals surface area (Å²) in [5.74, 6) is 0.744. The lowest BCUT2D eigenvalue weighted by Gasteiger charge is -2.23. The summed E-state index contributed by atoms with van der Waals surface area (Å²) in [7, 11) is -1.42. The predicted molar refractivity (Wildman–Crippen MR) is 65.9 cm³/mol. The molecule has 0 aliphatic carbocycles. The highest BCUT2D eigenvalue weighted by Gasteiger charge is 2.21. The van der Waals surface area contributed by atoms with E-state index < -0.39 is 10.0 Å². The number of hydrogen-bond donors (Lipinski definition) is 0. The molecule has 3 nitrogen and oxygen atoms in total. The van der Waals surface area contributed by atoms with E-state index in [4.69, 9.17) is 11.6 Å². The monoisotopic (exact) mass is 255 g/mol. The fourth-order valence-electron chi connectivity index (χ4n) is 1.40. The molecule has 0 bridgehead atoms. The van der Waals surface area contributed by atoms with Gasteiger partial charge in [-0.2, -0.15) is 0 Å². The van der Waals surface area contributed by atoms with Gasteiger partial charge in [-0.1, -0.05) is 13.3 Å². The van der Waals surface area contributed by atoms with Crippen LogP contribution in [0.3, 0.4) is 0 Å². The Morgan fingerprint density at radius 3 is 2.40 bits per heavy atom. The van der Waals surface area contributed by atoms with Crippen LogP contribution in [0.25, 0.3) is 0 Å². The number of hydrogen-bond acceptors (Lipinski definition) is 2. The van der Waals surface area contributed by atoms with E-state index in [1.165, 1.54) is 4.31 Å². The molecule has 1 atom stereocenters. The smallest absolute Gasteiger partial charge is 0.212 e. The van der Waals surface area contributed by atoms with Gasteiger partial charge in [0.05, 0.1) is 5.75 Å². The maximum atomic E-state index is 11.8. The molecular formula is C10H22ClNO2S. The van der Waals surface area contributed by atoms with Gasteiger partial charge in [0, 0.05) is 19.0 Å². The lowest BCUT2D eigenvalue weighted by molar-refractivity contribution is 0.368. The second-order valence-corrected chi connectivity index (χ2v) is 6.39. The van der Waals surface area contributed by atoms with Crippen LogP contribution in [0.5, 0.6) is 0 Å². The van der Waals surface area contributed by atoms with E-state index in [2.05, 4.69) is 6.92 Å². The molecule has 0 radical (unpaired) electrons. The van der Waals surface area contributed by atoms with Crippen LogP contribution in [-0.2, 0) is 10.0 Å². The molecule has 0 aliphatic heterocycles. The van der Waals surface area contributed by atoms with Crippen LogP contribution in [0.1, 0.15) is 39.5 Å². The fraction of sp³-hybridized carbons (Fsp3) is 1.00. The minimum absolute atomic E-state index is 0.0935. The third-order valence-electron chi connectivity index (χ3n) is 2.55. The highest BCUT2D eigenvalue weighted by Crippen LogP contribution is 2.11. The standard InChI is InChI=1S/C10H22ClNO2S/c1-4-7-10(2)12(3)15(13,14)9-6-5-8-11/h10H,4-9H2,1-3H3. The molecule has 0 heterocycles. The molecule has 5 heteroatoms. The van der Waals surface area contributed by atoms with Crippen LogP contribution in [0, 0.1) is 0 Å². The van der Waals surface area contributed by atoms with E-state index >= 15 is 0 Å². The zero-order valence-electron chi connectivity index (χ0n) is 9.87. The average Bonchev–Trinajstić information content (AvgIpc) is 2.17. The Morgan fingerprint density at radius 2 is 1.93 bits per heavy atom. The Kier molecular flexibility index (Phi) is 7.57. The predicted octanol–water partition coefficient (Wildman–Crippen LogP) is 2.46. The minimum Gasteiger partial charge on any atom is -0.212 e. The van der Waals surface area contributed by atoms with E-state index in [0.717, 1.165) is 19.3 Å². The summed E-state index contributed by atoms with van der Waals surface area (Å²) in [4.78, 5) is 0. The van der Waals surface area contributed by atoms with Crippen molar-refractivity contribution in [2.45, 2.75) is 45.6 Å². The molecule has 1 unspecified atom stereocenters. The quantitative estimate of drug-likeness (QED) is 0.494. The third kappa shape index (κ3) is 5.73. The van der Waals surface area contributed by atoms with Crippen molar-refractivity contribution in [1.29, 1.82) is 0 Å². The molecule has 0 N–H and O–H groups in total. The van der Waals surface area contributed by atoms with Crippen molar-refractivity contribution in [3.05, 3.63) is 0 Å². The Bertz CT molecular complexity index is 254. The number of unbranched alkanes of at least 4 members (excludes halogenated alkanes) is 1. The number of halogens is 1. The van der Waals surface area contributed by atoms with Gasteiger partial charge in [-0.15, -0.1) is 11.6 Å². The molecule has 0 rings (SSSR count). The maximum absolute atomic E-state index is 11.8. The molecule has 0 saturated carbocycles. The lowest BCUT2D eigenvalue weighted by atomic mass is 10.2. The number of rotatable bonds is 8. The van der Waals surface area contributed by atoms with Gasteiger partial charge in [0.15, 0.2) is 0 Å². The van der Waals surface area contributed by atoms with Crippen LogP contribution in [0.4, 0.5) is 0 Å². The van der Waals surface area contributed by atoms with Crippen LogP contribution < -0.4 is 0 Å². The first kappa shape index (κ1) is 15.2. The van der Waals surface area contributed by atoms with Crippen molar-refractivity contribution in [3.63, 3.8) is 0 Å². The van der Waals surface area contributed by atoms with Crippen molar-refractivity contribution in [2.75, 3.05) is 18.7 Å². The van der Waals surface area contributed by atoms with Gasteiger partial charge in [-0.05, 0) is 26.2 Å². The molecular weight excluding hydrogens is 234 g/mol. The summed E-state index contributed by atoms with van der Waals surface area (Å²) in [5, 5.41) is 0. The Hall–Kier alpha value is 0.200. The van der Waals surface area contributed by atoms with E-state index in [0.29, 0.717) is 12.3 Å². The second kappa shape index (κ2) is 7.47. The Morgan fingerprint density at radius 1 is 1.33 bits per heavy atom. The summed E-state index contributed by atoms with van der Waals surface area (Å²) in [6, 6.07) is 0.0935. The molecule has 15 heavy (non-hydrogen) atoms. The minimum atomic E-state index is -3.08. The van der Waals surface area contributed by atoms with E-state index in [1.54, 1.807) is 7.05 Å². The first-order valence-corrected chi connectivity index (χ1v) is 7.61. The van der Waals surface area contributed by atoms with E-state index in [-0.39, 0.29) is 11.8 Å². The van der Waals surface area contributed by atoms with E-state index in [9.17, 15) is 8.42 Å². The normalized spacial score (nSPS) is 14.5. The van der Waals surface area contributed by atoms with Gasteiger partial charge in [0.1, 0.15) is 0 Å². The summed E-state index contributed by atoms with van der Waals surface area (Å²) < 4.78 is 25.1. The zero-order chi connectivity index (χ0) is 11.9. The van der Waals surface area contributed by atoms with Crippen LogP contribution in [-0.4, -0.2) is 37.4 Å². The summed E-state index contributed by atoms with van der Waals surface area (Å²) in [5.41, 5.74) is 0. The molecule has 92 valence electrons. The van der Waals surface area contributed by atoms with Crippen molar-refractivity contribution >= 4 is 21.6 Å². The van der Waals surface area contributed by atoms with Gasteiger partial charge in [0.25, 0.3) is 0 Å². The highest BCUT2D eigenvalue weighted by molar-refractivity contribution is 7.89. The third-order valence-corrected chi connectivity index (χ3v) is 4.86. The SMILES string of the molecule is CCCC(C)N(C)S(=O)(=O)CCCCCl. The van der Waals surface area contributed by atoms with Crippen LogP contribution in [0.2, 0.25) is 0 Å². The van der Waals surface area contributed by atoms with Crippen molar-refractivity contribution in [2.24, 2.45) is 0 Å². The molecule has 0 amide bonds. The topological polar surface area (TPSA) is 37.4 Å². The van der Waals surface area contributed by atoms with Crippen LogP contribution in [0.15, 0.2) is 0 Å².